The first kappa shape index (κ1) is 16.9. The largest absolute Gasteiger partial charge is 0.494 e. The van der Waals surface area contributed by atoms with E-state index in [0.29, 0.717) is 6.61 Å². The van der Waals surface area contributed by atoms with Gasteiger partial charge >= 0.3 is 0 Å². The number of hydrogen-bond acceptors (Lipinski definition) is 7. The average molecular weight is 361 g/mol. The molecule has 2 heterocycles. The van der Waals surface area contributed by atoms with Gasteiger partial charge in [-0.25, -0.2) is 9.67 Å². The molecule has 0 aliphatic heterocycles. The summed E-state index contributed by atoms with van der Waals surface area (Å²) in [5, 5.41) is 15.7. The van der Waals surface area contributed by atoms with Gasteiger partial charge in [0, 0.05) is 16.7 Å². The lowest BCUT2D eigenvalue weighted by atomic mass is 10.2. The van der Waals surface area contributed by atoms with E-state index < -0.39 is 0 Å². The fraction of sp³-hybridized carbons (Fsp3) is 0.375. The van der Waals surface area contributed by atoms with Gasteiger partial charge in [-0.2, -0.15) is 0 Å². The molecular weight excluding hydrogens is 342 g/mol. The van der Waals surface area contributed by atoms with Crippen LogP contribution in [0.5, 0.6) is 5.75 Å². The number of tetrazole rings is 1. The summed E-state index contributed by atoms with van der Waals surface area (Å²) in [5.74, 6) is 1.63. The Hall–Kier alpha value is -1.93. The normalized spacial score (nSPS) is 11.2. The number of thiazole rings is 1. The average Bonchev–Trinajstić information content (AvgIpc) is 3.23. The second-order valence-corrected chi connectivity index (χ2v) is 7.19. The zero-order valence-electron chi connectivity index (χ0n) is 13.8. The van der Waals surface area contributed by atoms with Gasteiger partial charge in [0.25, 0.3) is 0 Å². The van der Waals surface area contributed by atoms with Crippen molar-refractivity contribution in [3.05, 3.63) is 35.3 Å². The molecular formula is C16H19N5OS2. The Morgan fingerprint density at radius 1 is 1.25 bits per heavy atom. The van der Waals surface area contributed by atoms with Crippen molar-refractivity contribution in [1.82, 2.24) is 25.2 Å². The van der Waals surface area contributed by atoms with E-state index in [9.17, 15) is 0 Å². The van der Waals surface area contributed by atoms with Crippen molar-refractivity contribution in [1.29, 1.82) is 0 Å². The minimum absolute atomic E-state index is 0.248. The molecule has 6 nitrogen and oxygen atoms in total. The number of rotatable bonds is 7. The number of ether oxygens (including phenoxy) is 1. The van der Waals surface area contributed by atoms with Crippen molar-refractivity contribution in [2.45, 2.75) is 37.7 Å². The van der Waals surface area contributed by atoms with Crippen LogP contribution in [0.4, 0.5) is 0 Å². The number of thioether (sulfide) groups is 1. The zero-order chi connectivity index (χ0) is 16.9. The van der Waals surface area contributed by atoms with Crippen LogP contribution in [-0.2, 0) is 5.75 Å². The predicted molar refractivity (Wildman–Crippen MR) is 96.5 cm³/mol. The van der Waals surface area contributed by atoms with Crippen LogP contribution >= 0.6 is 23.1 Å². The van der Waals surface area contributed by atoms with E-state index in [4.69, 9.17) is 9.72 Å². The number of hydrogen-bond donors (Lipinski definition) is 0. The molecule has 2 aromatic heterocycles. The van der Waals surface area contributed by atoms with Crippen LogP contribution < -0.4 is 4.74 Å². The van der Waals surface area contributed by atoms with Crippen molar-refractivity contribution in [2.24, 2.45) is 0 Å². The molecule has 0 aliphatic carbocycles. The van der Waals surface area contributed by atoms with Crippen molar-refractivity contribution in [3.8, 4) is 16.3 Å². The third kappa shape index (κ3) is 3.93. The first-order valence-corrected chi connectivity index (χ1v) is 9.62. The molecule has 8 heteroatoms. The summed E-state index contributed by atoms with van der Waals surface area (Å²) in [6, 6.07) is 8.29. The van der Waals surface area contributed by atoms with Crippen LogP contribution in [0.3, 0.4) is 0 Å². The Balaban J connectivity index is 1.66. The third-order valence-electron chi connectivity index (χ3n) is 3.26. The van der Waals surface area contributed by atoms with Crippen molar-refractivity contribution in [3.63, 3.8) is 0 Å². The lowest BCUT2D eigenvalue weighted by Crippen LogP contribution is -2.04. The van der Waals surface area contributed by atoms with Crippen LogP contribution in [0.1, 0.15) is 32.5 Å². The Morgan fingerprint density at radius 3 is 2.75 bits per heavy atom. The fourth-order valence-corrected chi connectivity index (χ4v) is 3.94. The topological polar surface area (TPSA) is 65.7 Å². The van der Waals surface area contributed by atoms with E-state index >= 15 is 0 Å². The van der Waals surface area contributed by atoms with Gasteiger partial charge in [0.15, 0.2) is 0 Å². The van der Waals surface area contributed by atoms with Crippen LogP contribution in [0.25, 0.3) is 10.6 Å². The predicted octanol–water partition coefficient (Wildman–Crippen LogP) is 4.07. The molecule has 0 fully saturated rings. The lowest BCUT2D eigenvalue weighted by Gasteiger charge is -2.06. The van der Waals surface area contributed by atoms with Crippen molar-refractivity contribution in [2.75, 3.05) is 6.61 Å². The van der Waals surface area contributed by atoms with E-state index in [-0.39, 0.29) is 6.04 Å². The first-order chi connectivity index (χ1) is 11.7. The molecule has 0 aliphatic rings. The van der Waals surface area contributed by atoms with E-state index in [1.54, 1.807) is 23.1 Å². The van der Waals surface area contributed by atoms with E-state index in [1.165, 1.54) is 0 Å². The maximum Gasteiger partial charge on any atom is 0.209 e. The summed E-state index contributed by atoms with van der Waals surface area (Å²) in [6.07, 6.45) is 0. The number of benzene rings is 1. The molecule has 0 N–H and O–H groups in total. The molecule has 0 unspecified atom stereocenters. The lowest BCUT2D eigenvalue weighted by molar-refractivity contribution is 0.340. The van der Waals surface area contributed by atoms with Gasteiger partial charge in [0.2, 0.25) is 5.16 Å². The van der Waals surface area contributed by atoms with Crippen LogP contribution in [0.15, 0.2) is 34.8 Å². The molecule has 0 bridgehead atoms. The summed E-state index contributed by atoms with van der Waals surface area (Å²) in [4.78, 5) is 4.71. The second-order valence-electron chi connectivity index (χ2n) is 5.39. The van der Waals surface area contributed by atoms with Gasteiger partial charge in [0.1, 0.15) is 10.8 Å². The van der Waals surface area contributed by atoms with Crippen LogP contribution in [0.2, 0.25) is 0 Å². The van der Waals surface area contributed by atoms with E-state index in [1.807, 2.05) is 35.9 Å². The van der Waals surface area contributed by atoms with Gasteiger partial charge in [-0.05, 0) is 55.5 Å². The van der Waals surface area contributed by atoms with Crippen molar-refractivity contribution < 1.29 is 4.74 Å². The van der Waals surface area contributed by atoms with E-state index in [0.717, 1.165) is 32.9 Å². The van der Waals surface area contributed by atoms with Crippen molar-refractivity contribution >= 4 is 23.1 Å². The molecule has 3 rings (SSSR count). The minimum Gasteiger partial charge on any atom is -0.494 e. The molecule has 0 spiro atoms. The monoisotopic (exact) mass is 361 g/mol. The van der Waals surface area contributed by atoms with Crippen LogP contribution in [0, 0.1) is 0 Å². The SMILES string of the molecule is CCOc1ccc(-c2nc(CSc3nnnn3C(C)C)cs2)cc1. The molecule has 126 valence electrons. The second kappa shape index (κ2) is 7.76. The molecule has 0 atom stereocenters. The summed E-state index contributed by atoms with van der Waals surface area (Å²) in [6.45, 7) is 6.78. The zero-order valence-corrected chi connectivity index (χ0v) is 15.5. The highest BCUT2D eigenvalue weighted by Crippen LogP contribution is 2.28. The maximum atomic E-state index is 5.47. The highest BCUT2D eigenvalue weighted by molar-refractivity contribution is 7.98. The summed E-state index contributed by atoms with van der Waals surface area (Å²) >= 11 is 3.25. The third-order valence-corrected chi connectivity index (χ3v) is 5.17. The number of aromatic nitrogens is 5. The van der Waals surface area contributed by atoms with Gasteiger partial charge in [-0.3, -0.25) is 0 Å². The fourth-order valence-electron chi connectivity index (χ4n) is 2.11. The van der Waals surface area contributed by atoms with Gasteiger partial charge in [-0.1, -0.05) is 11.8 Å². The minimum atomic E-state index is 0.248. The summed E-state index contributed by atoms with van der Waals surface area (Å²) < 4.78 is 7.29. The molecule has 0 radical (unpaired) electrons. The molecule has 0 amide bonds. The summed E-state index contributed by atoms with van der Waals surface area (Å²) in [5.41, 5.74) is 2.14. The standard InChI is InChI=1S/C16H19N5OS2/c1-4-22-14-7-5-12(6-8-14)15-17-13(9-23-15)10-24-16-18-19-20-21(16)11(2)3/h5-9,11H,4,10H2,1-3H3. The smallest absolute Gasteiger partial charge is 0.209 e. The van der Waals surface area contributed by atoms with Gasteiger partial charge in [0.05, 0.1) is 18.3 Å². The summed E-state index contributed by atoms with van der Waals surface area (Å²) in [7, 11) is 0. The highest BCUT2D eigenvalue weighted by atomic mass is 32.2. The molecule has 24 heavy (non-hydrogen) atoms. The molecule has 0 saturated heterocycles. The van der Waals surface area contributed by atoms with Crippen LogP contribution in [-0.4, -0.2) is 31.8 Å². The quantitative estimate of drug-likeness (QED) is 0.591. The first-order valence-electron chi connectivity index (χ1n) is 7.75. The van der Waals surface area contributed by atoms with E-state index in [2.05, 4.69) is 34.8 Å². The highest BCUT2D eigenvalue weighted by Gasteiger charge is 2.11. The molecule has 1 aromatic carbocycles. The molecule has 0 saturated carbocycles. The molecule has 3 aromatic rings. The Kier molecular flexibility index (Phi) is 5.47. The number of nitrogens with zero attached hydrogens (tertiary/aromatic N) is 5. The Morgan fingerprint density at radius 2 is 2.04 bits per heavy atom. The van der Waals surface area contributed by atoms with Gasteiger partial charge < -0.3 is 4.74 Å². The van der Waals surface area contributed by atoms with Gasteiger partial charge in [-0.15, -0.1) is 16.4 Å². The maximum absolute atomic E-state index is 5.47. The Labute approximate surface area is 149 Å². The Bertz CT molecular complexity index is 782.